The molecule has 0 saturated carbocycles. The van der Waals surface area contributed by atoms with E-state index in [0.29, 0.717) is 5.56 Å². The number of aliphatic hydroxyl groups excluding tert-OH is 1. The molecule has 3 heteroatoms. The summed E-state index contributed by atoms with van der Waals surface area (Å²) in [5, 5.41) is 16.8. The third-order valence-corrected chi connectivity index (χ3v) is 0.980. The Morgan fingerprint density at radius 1 is 1.50 bits per heavy atom. The molecule has 0 aliphatic carbocycles. The van der Waals surface area contributed by atoms with Crippen LogP contribution in [0.25, 0.3) is 6.08 Å². The minimum absolute atomic E-state index is 0.669. The highest BCUT2D eigenvalue weighted by Crippen LogP contribution is 1.99. The molecule has 1 aromatic heterocycles. The van der Waals surface area contributed by atoms with Crippen LogP contribution in [0.2, 0.25) is 0 Å². The summed E-state index contributed by atoms with van der Waals surface area (Å²) in [5.74, 6) is -0.701. The fraction of sp³-hybridized carbons (Fsp3) is 0. The highest BCUT2D eigenvalue weighted by atomic mass is 16.5. The predicted molar refractivity (Wildman–Crippen MR) is 37.5 cm³/mol. The van der Waals surface area contributed by atoms with E-state index in [-0.39, 0.29) is 0 Å². The molecule has 0 spiro atoms. The van der Waals surface area contributed by atoms with E-state index in [2.05, 4.69) is 4.98 Å². The lowest BCUT2D eigenvalue weighted by atomic mass is 10.3. The van der Waals surface area contributed by atoms with E-state index in [4.69, 9.17) is 10.2 Å². The van der Waals surface area contributed by atoms with Gasteiger partial charge in [-0.2, -0.15) is 0 Å². The van der Waals surface area contributed by atoms with Crippen molar-refractivity contribution in [2.45, 2.75) is 0 Å². The summed E-state index contributed by atoms with van der Waals surface area (Å²) in [7, 11) is 0. The number of nitrogens with zero attached hydrogens (tertiary/aromatic N) is 1. The third-order valence-electron chi connectivity index (χ3n) is 0.980. The summed E-state index contributed by atoms with van der Waals surface area (Å²) in [4.78, 5) is 3.77. The van der Waals surface area contributed by atoms with E-state index >= 15 is 0 Å². The van der Waals surface area contributed by atoms with E-state index in [1.54, 1.807) is 18.3 Å². The monoisotopic (exact) mass is 137 g/mol. The zero-order valence-electron chi connectivity index (χ0n) is 5.23. The van der Waals surface area contributed by atoms with Crippen molar-refractivity contribution in [3.63, 3.8) is 0 Å². The molecule has 3 nitrogen and oxygen atoms in total. The van der Waals surface area contributed by atoms with Crippen molar-refractivity contribution in [3.8, 4) is 0 Å². The zero-order chi connectivity index (χ0) is 7.40. The van der Waals surface area contributed by atoms with Crippen LogP contribution in [-0.2, 0) is 0 Å². The smallest absolute Gasteiger partial charge is 0.274 e. The molecule has 10 heavy (non-hydrogen) atoms. The molecule has 1 aromatic rings. The molecule has 52 valence electrons. The normalized spacial score (nSPS) is 8.80. The quantitative estimate of drug-likeness (QED) is 0.576. The van der Waals surface area contributed by atoms with Gasteiger partial charge in [0.1, 0.15) is 0 Å². The van der Waals surface area contributed by atoms with E-state index < -0.39 is 5.95 Å². The van der Waals surface area contributed by atoms with Crippen LogP contribution >= 0.6 is 0 Å². The minimum atomic E-state index is -0.701. The molecule has 0 aromatic carbocycles. The Morgan fingerprint density at radius 2 is 2.30 bits per heavy atom. The van der Waals surface area contributed by atoms with Crippen molar-refractivity contribution in [2.75, 3.05) is 0 Å². The number of aliphatic hydroxyl groups is 2. The highest BCUT2D eigenvalue weighted by molar-refractivity contribution is 5.47. The van der Waals surface area contributed by atoms with Gasteiger partial charge in [0.25, 0.3) is 5.95 Å². The highest BCUT2D eigenvalue weighted by Gasteiger charge is 1.87. The molecule has 1 heterocycles. The van der Waals surface area contributed by atoms with Crippen LogP contribution in [-0.4, -0.2) is 15.2 Å². The molecule has 0 amide bonds. The Morgan fingerprint density at radius 3 is 2.80 bits per heavy atom. The molecule has 1 rings (SSSR count). The summed E-state index contributed by atoms with van der Waals surface area (Å²) in [6, 6.07) is 3.44. The maximum Gasteiger partial charge on any atom is 0.274 e. The summed E-state index contributed by atoms with van der Waals surface area (Å²) in [6.45, 7) is 0. The van der Waals surface area contributed by atoms with Gasteiger partial charge >= 0.3 is 0 Å². The van der Waals surface area contributed by atoms with Gasteiger partial charge in [-0.15, -0.1) is 0 Å². The minimum Gasteiger partial charge on any atom is -0.481 e. The van der Waals surface area contributed by atoms with Crippen LogP contribution in [0.4, 0.5) is 0 Å². The van der Waals surface area contributed by atoms with Crippen LogP contribution < -0.4 is 0 Å². The lowest BCUT2D eigenvalue weighted by Gasteiger charge is -1.89. The predicted octanol–water partition coefficient (Wildman–Crippen LogP) is 1.50. The molecule has 0 radical (unpaired) electrons. The number of rotatable bonds is 1. The van der Waals surface area contributed by atoms with Gasteiger partial charge in [-0.05, 0) is 11.6 Å². The standard InChI is InChI=1S/C7H7NO2/c9-7(10)4-6-2-1-3-8-5-6/h1-5,9-10H. The molecule has 0 saturated heterocycles. The Hall–Kier alpha value is -1.51. The van der Waals surface area contributed by atoms with Gasteiger partial charge in [0.15, 0.2) is 0 Å². The van der Waals surface area contributed by atoms with Crippen molar-refractivity contribution in [3.05, 3.63) is 36.0 Å². The van der Waals surface area contributed by atoms with E-state index in [1.165, 1.54) is 12.3 Å². The van der Waals surface area contributed by atoms with E-state index in [1.807, 2.05) is 0 Å². The van der Waals surface area contributed by atoms with E-state index in [9.17, 15) is 0 Å². The second kappa shape index (κ2) is 2.87. The van der Waals surface area contributed by atoms with Crippen molar-refractivity contribution in [1.29, 1.82) is 0 Å². The molecule has 0 atom stereocenters. The molecule has 0 aliphatic heterocycles. The van der Waals surface area contributed by atoms with Crippen LogP contribution in [0.1, 0.15) is 5.56 Å². The molecule has 0 bridgehead atoms. The summed E-state index contributed by atoms with van der Waals surface area (Å²) >= 11 is 0. The SMILES string of the molecule is OC(O)=Cc1cccnc1. The second-order valence-corrected chi connectivity index (χ2v) is 1.79. The molecule has 0 fully saturated rings. The Kier molecular flexibility index (Phi) is 1.89. The van der Waals surface area contributed by atoms with Crippen LogP contribution in [0.15, 0.2) is 30.5 Å². The average molecular weight is 137 g/mol. The molecular weight excluding hydrogens is 130 g/mol. The van der Waals surface area contributed by atoms with Crippen LogP contribution in [0, 0.1) is 0 Å². The zero-order valence-corrected chi connectivity index (χ0v) is 5.23. The van der Waals surface area contributed by atoms with Gasteiger partial charge < -0.3 is 10.2 Å². The Labute approximate surface area is 58.3 Å². The van der Waals surface area contributed by atoms with Gasteiger partial charge in [-0.3, -0.25) is 4.98 Å². The lowest BCUT2D eigenvalue weighted by Crippen LogP contribution is -1.78. The first kappa shape index (κ1) is 6.61. The first-order valence-electron chi connectivity index (χ1n) is 2.78. The van der Waals surface area contributed by atoms with Crippen molar-refractivity contribution < 1.29 is 10.2 Å². The largest absolute Gasteiger partial charge is 0.481 e. The van der Waals surface area contributed by atoms with Crippen molar-refractivity contribution in [2.24, 2.45) is 0 Å². The van der Waals surface area contributed by atoms with Gasteiger partial charge in [0.2, 0.25) is 0 Å². The van der Waals surface area contributed by atoms with E-state index in [0.717, 1.165) is 0 Å². The Bertz CT molecular complexity index is 227. The summed E-state index contributed by atoms with van der Waals surface area (Å²) < 4.78 is 0. The molecule has 0 aliphatic rings. The number of hydrogen-bond donors (Lipinski definition) is 2. The maximum atomic E-state index is 8.39. The van der Waals surface area contributed by atoms with Gasteiger partial charge in [-0.25, -0.2) is 0 Å². The number of pyridine rings is 1. The van der Waals surface area contributed by atoms with Gasteiger partial charge in [0.05, 0.1) is 0 Å². The Balaban J connectivity index is 2.87. The van der Waals surface area contributed by atoms with Gasteiger partial charge in [0, 0.05) is 18.5 Å². The first-order valence-corrected chi connectivity index (χ1v) is 2.78. The van der Waals surface area contributed by atoms with Gasteiger partial charge in [-0.1, -0.05) is 6.07 Å². The van der Waals surface area contributed by atoms with Crippen LogP contribution in [0.5, 0.6) is 0 Å². The van der Waals surface area contributed by atoms with Crippen molar-refractivity contribution in [1.82, 2.24) is 4.98 Å². The first-order chi connectivity index (χ1) is 4.79. The fourth-order valence-corrected chi connectivity index (χ4v) is 0.610. The summed E-state index contributed by atoms with van der Waals surface area (Å²) in [6.07, 6.45) is 4.37. The summed E-state index contributed by atoms with van der Waals surface area (Å²) in [5.41, 5.74) is 0.669. The topological polar surface area (TPSA) is 53.4 Å². The van der Waals surface area contributed by atoms with Crippen molar-refractivity contribution >= 4 is 6.08 Å². The third kappa shape index (κ3) is 1.78. The maximum absolute atomic E-state index is 8.39. The number of aromatic nitrogens is 1. The van der Waals surface area contributed by atoms with Crippen LogP contribution in [0.3, 0.4) is 0 Å². The average Bonchev–Trinajstić information content (AvgIpc) is 1.88. The molecule has 0 unspecified atom stereocenters. The lowest BCUT2D eigenvalue weighted by molar-refractivity contribution is 0.197. The molecular formula is C7H7NO2. The number of hydrogen-bond acceptors (Lipinski definition) is 3. The second-order valence-electron chi connectivity index (χ2n) is 1.79. The molecule has 2 N–H and O–H groups in total. The fourth-order valence-electron chi connectivity index (χ4n) is 0.610.